The Bertz CT molecular complexity index is 873. The summed E-state index contributed by atoms with van der Waals surface area (Å²) in [5.74, 6) is 0.419. The molecular formula is C16H15N5O2S. The van der Waals surface area contributed by atoms with Gasteiger partial charge in [-0.05, 0) is 35.4 Å². The summed E-state index contributed by atoms with van der Waals surface area (Å²) in [6, 6.07) is 12.7. The van der Waals surface area contributed by atoms with Gasteiger partial charge in [-0.3, -0.25) is 10.1 Å². The van der Waals surface area contributed by atoms with E-state index < -0.39 is 0 Å². The quantitative estimate of drug-likeness (QED) is 0.401. The van der Waals surface area contributed by atoms with Crippen LogP contribution in [0.3, 0.4) is 0 Å². The number of hydrogen-bond donors (Lipinski definition) is 0. The van der Waals surface area contributed by atoms with Crippen molar-refractivity contribution in [2.75, 3.05) is 0 Å². The number of hydrogen-bond acceptors (Lipinski definition) is 6. The molecule has 0 amide bonds. The van der Waals surface area contributed by atoms with Crippen LogP contribution in [0.2, 0.25) is 0 Å². The first-order valence-corrected chi connectivity index (χ1v) is 8.26. The van der Waals surface area contributed by atoms with Gasteiger partial charge in [-0.1, -0.05) is 48.2 Å². The molecule has 0 unspecified atom stereocenters. The highest BCUT2D eigenvalue weighted by Crippen LogP contribution is 2.28. The zero-order valence-corrected chi connectivity index (χ0v) is 14.0. The van der Waals surface area contributed by atoms with E-state index >= 15 is 0 Å². The van der Waals surface area contributed by atoms with E-state index in [0.29, 0.717) is 16.5 Å². The molecule has 0 saturated heterocycles. The largest absolute Gasteiger partial charge is 0.273 e. The van der Waals surface area contributed by atoms with E-state index in [0.717, 1.165) is 16.8 Å². The van der Waals surface area contributed by atoms with E-state index in [1.54, 1.807) is 22.9 Å². The fourth-order valence-electron chi connectivity index (χ4n) is 2.50. The number of aryl methyl sites for hydroxylation is 2. The predicted molar refractivity (Wildman–Crippen MR) is 91.3 cm³/mol. The molecule has 0 radical (unpaired) electrons. The second-order valence-electron chi connectivity index (χ2n) is 5.29. The molecule has 3 aromatic rings. The Morgan fingerprint density at radius 3 is 2.54 bits per heavy atom. The third-order valence-electron chi connectivity index (χ3n) is 3.64. The third kappa shape index (κ3) is 3.13. The molecule has 0 bridgehead atoms. The van der Waals surface area contributed by atoms with Crippen molar-refractivity contribution in [3.8, 4) is 5.69 Å². The predicted octanol–water partition coefficient (Wildman–Crippen LogP) is 3.48. The molecule has 0 aliphatic heterocycles. The minimum atomic E-state index is -0.371. The lowest BCUT2D eigenvalue weighted by Gasteiger charge is -2.10. The minimum absolute atomic E-state index is 0.107. The molecule has 0 N–H and O–H groups in total. The molecule has 0 atom stereocenters. The van der Waals surface area contributed by atoms with E-state index in [1.807, 2.05) is 32.0 Å². The van der Waals surface area contributed by atoms with E-state index in [9.17, 15) is 10.1 Å². The van der Waals surface area contributed by atoms with Crippen molar-refractivity contribution in [3.05, 3.63) is 69.3 Å². The zero-order valence-electron chi connectivity index (χ0n) is 13.2. The molecule has 3 rings (SSSR count). The first kappa shape index (κ1) is 16.1. The van der Waals surface area contributed by atoms with Crippen LogP contribution in [-0.2, 0) is 5.75 Å². The van der Waals surface area contributed by atoms with Gasteiger partial charge in [-0.15, -0.1) is 5.10 Å². The SMILES string of the molecule is Cc1cccc(C)c1-n1nnnc1SCc1ccccc1[N+](=O)[O-]. The maximum atomic E-state index is 11.1. The van der Waals surface area contributed by atoms with Crippen LogP contribution in [0, 0.1) is 24.0 Å². The topological polar surface area (TPSA) is 86.7 Å². The van der Waals surface area contributed by atoms with Gasteiger partial charge in [0.15, 0.2) is 0 Å². The highest BCUT2D eigenvalue weighted by atomic mass is 32.2. The van der Waals surface area contributed by atoms with Gasteiger partial charge in [0.05, 0.1) is 10.6 Å². The Kier molecular flexibility index (Phi) is 4.57. The molecule has 7 nitrogen and oxygen atoms in total. The molecule has 8 heteroatoms. The number of rotatable bonds is 5. The lowest BCUT2D eigenvalue weighted by Crippen LogP contribution is -2.04. The van der Waals surface area contributed by atoms with Crippen molar-refractivity contribution in [2.45, 2.75) is 24.8 Å². The van der Waals surface area contributed by atoms with Crippen LogP contribution >= 0.6 is 11.8 Å². The molecule has 122 valence electrons. The molecule has 24 heavy (non-hydrogen) atoms. The lowest BCUT2D eigenvalue weighted by molar-refractivity contribution is -0.385. The second-order valence-corrected chi connectivity index (χ2v) is 6.23. The van der Waals surface area contributed by atoms with Crippen LogP contribution in [0.1, 0.15) is 16.7 Å². The standard InChI is InChI=1S/C16H15N5O2S/c1-11-6-5-7-12(2)15(11)20-16(17-18-19-20)24-10-13-8-3-4-9-14(13)21(22)23/h3-9H,10H2,1-2H3. The summed E-state index contributed by atoms with van der Waals surface area (Å²) in [5, 5.41) is 23.6. The Morgan fingerprint density at radius 2 is 1.83 bits per heavy atom. The summed E-state index contributed by atoms with van der Waals surface area (Å²) in [7, 11) is 0. The Labute approximate surface area is 142 Å². The molecule has 0 aliphatic carbocycles. The van der Waals surface area contributed by atoms with Crippen LogP contribution < -0.4 is 0 Å². The smallest absolute Gasteiger partial charge is 0.258 e. The van der Waals surface area contributed by atoms with Crippen molar-refractivity contribution in [3.63, 3.8) is 0 Å². The van der Waals surface area contributed by atoms with Crippen molar-refractivity contribution >= 4 is 17.4 Å². The van der Waals surface area contributed by atoms with E-state index in [4.69, 9.17) is 0 Å². The molecule has 0 spiro atoms. The van der Waals surface area contributed by atoms with E-state index in [2.05, 4.69) is 15.5 Å². The summed E-state index contributed by atoms with van der Waals surface area (Å²) in [6.07, 6.45) is 0. The summed E-state index contributed by atoms with van der Waals surface area (Å²) in [4.78, 5) is 10.7. The fraction of sp³-hybridized carbons (Fsp3) is 0.188. The number of nitrogens with zero attached hydrogens (tertiary/aromatic N) is 5. The summed E-state index contributed by atoms with van der Waals surface area (Å²) in [6.45, 7) is 4.00. The highest BCUT2D eigenvalue weighted by molar-refractivity contribution is 7.98. The maximum Gasteiger partial charge on any atom is 0.273 e. The first-order valence-electron chi connectivity index (χ1n) is 7.28. The summed E-state index contributed by atoms with van der Waals surface area (Å²) >= 11 is 1.37. The van der Waals surface area contributed by atoms with Gasteiger partial charge in [-0.2, -0.15) is 4.68 Å². The van der Waals surface area contributed by atoms with Crippen molar-refractivity contribution in [1.29, 1.82) is 0 Å². The number of thioether (sulfide) groups is 1. The van der Waals surface area contributed by atoms with E-state index in [-0.39, 0.29) is 10.6 Å². The molecule has 0 fully saturated rings. The van der Waals surface area contributed by atoms with Crippen LogP contribution in [0.25, 0.3) is 5.69 Å². The molecular weight excluding hydrogens is 326 g/mol. The average molecular weight is 341 g/mol. The van der Waals surface area contributed by atoms with Crippen LogP contribution in [0.5, 0.6) is 0 Å². The Hall–Kier alpha value is -2.74. The summed E-state index contributed by atoms with van der Waals surface area (Å²) < 4.78 is 1.68. The van der Waals surface area contributed by atoms with Gasteiger partial charge in [0.2, 0.25) is 5.16 Å². The number of benzene rings is 2. The summed E-state index contributed by atoms with van der Waals surface area (Å²) in [5.41, 5.74) is 3.82. The number of tetrazole rings is 1. The molecule has 0 aliphatic rings. The average Bonchev–Trinajstić information content (AvgIpc) is 3.01. The number of nitro benzene ring substituents is 1. The van der Waals surface area contributed by atoms with Crippen LogP contribution in [0.4, 0.5) is 5.69 Å². The van der Waals surface area contributed by atoms with Gasteiger partial charge in [-0.25, -0.2) is 0 Å². The van der Waals surface area contributed by atoms with Gasteiger partial charge >= 0.3 is 0 Å². The fourth-order valence-corrected chi connectivity index (χ4v) is 3.38. The number of para-hydroxylation sites is 2. The van der Waals surface area contributed by atoms with Gasteiger partial charge in [0.1, 0.15) is 0 Å². The monoisotopic (exact) mass is 341 g/mol. The van der Waals surface area contributed by atoms with E-state index in [1.165, 1.54) is 17.8 Å². The van der Waals surface area contributed by atoms with Gasteiger partial charge in [0.25, 0.3) is 5.69 Å². The highest BCUT2D eigenvalue weighted by Gasteiger charge is 2.16. The zero-order chi connectivity index (χ0) is 17.1. The lowest BCUT2D eigenvalue weighted by atomic mass is 10.1. The van der Waals surface area contributed by atoms with Crippen LogP contribution in [0.15, 0.2) is 47.6 Å². The Balaban J connectivity index is 1.89. The van der Waals surface area contributed by atoms with Crippen molar-refractivity contribution in [1.82, 2.24) is 20.2 Å². The molecule has 1 aromatic heterocycles. The van der Waals surface area contributed by atoms with Crippen molar-refractivity contribution in [2.24, 2.45) is 0 Å². The van der Waals surface area contributed by atoms with Gasteiger partial charge < -0.3 is 0 Å². The first-order chi connectivity index (χ1) is 11.6. The van der Waals surface area contributed by atoms with Crippen molar-refractivity contribution < 1.29 is 4.92 Å². The molecule has 1 heterocycles. The Morgan fingerprint density at radius 1 is 1.12 bits per heavy atom. The third-order valence-corrected chi connectivity index (χ3v) is 4.61. The number of nitro groups is 1. The second kappa shape index (κ2) is 6.79. The van der Waals surface area contributed by atoms with Crippen LogP contribution in [-0.4, -0.2) is 25.1 Å². The number of aromatic nitrogens is 4. The minimum Gasteiger partial charge on any atom is -0.258 e. The molecule has 0 saturated carbocycles. The molecule has 2 aromatic carbocycles. The maximum absolute atomic E-state index is 11.1. The normalized spacial score (nSPS) is 10.8. The van der Waals surface area contributed by atoms with Gasteiger partial charge in [0, 0.05) is 17.4 Å².